The molecule has 9 heteroatoms. The Morgan fingerprint density at radius 2 is 1.80 bits per heavy atom. The van der Waals surface area contributed by atoms with Crippen LogP contribution in [0.3, 0.4) is 0 Å². The maximum Gasteiger partial charge on any atom is 0.236 e. The van der Waals surface area contributed by atoms with Gasteiger partial charge in [0.15, 0.2) is 5.65 Å². The second kappa shape index (κ2) is 12.7. The number of likely N-dealkylation sites (tertiary alicyclic amines) is 1. The highest BCUT2D eigenvalue weighted by Gasteiger charge is 2.26. The Kier molecular flexibility index (Phi) is 9.06. The Hall–Kier alpha value is -3.27. The Morgan fingerprint density at radius 3 is 2.46 bits per heavy atom. The molecule has 1 amide bonds. The van der Waals surface area contributed by atoms with Crippen molar-refractivity contribution in [1.82, 2.24) is 29.4 Å². The summed E-state index contributed by atoms with van der Waals surface area (Å²) >= 11 is 0. The highest BCUT2D eigenvalue weighted by atomic mass is 16.5. The quantitative estimate of drug-likeness (QED) is 0.280. The molecule has 9 nitrogen and oxygen atoms in total. The third kappa shape index (κ3) is 6.03. The molecular weight excluding hydrogens is 516 g/mol. The van der Waals surface area contributed by atoms with E-state index in [1.165, 1.54) is 27.6 Å². The molecule has 0 unspecified atom stereocenters. The predicted molar refractivity (Wildman–Crippen MR) is 163 cm³/mol. The number of benzene rings is 1. The number of nitrogens with zero attached hydrogens (tertiary/aromatic N) is 5. The predicted octanol–water partition coefficient (Wildman–Crippen LogP) is 4.92. The summed E-state index contributed by atoms with van der Waals surface area (Å²) < 4.78 is 12.3. The van der Waals surface area contributed by atoms with Crippen molar-refractivity contribution in [3.63, 3.8) is 0 Å². The van der Waals surface area contributed by atoms with E-state index in [4.69, 9.17) is 9.47 Å². The fourth-order valence-corrected chi connectivity index (χ4v) is 6.21. The molecule has 1 aromatic carbocycles. The molecule has 3 aromatic heterocycles. The van der Waals surface area contributed by atoms with E-state index in [1.807, 2.05) is 9.42 Å². The van der Waals surface area contributed by atoms with Crippen molar-refractivity contribution in [2.75, 3.05) is 60.2 Å². The van der Waals surface area contributed by atoms with Crippen molar-refractivity contribution in [2.45, 2.75) is 52.4 Å². The number of carbonyl (C=O) groups is 1. The number of fused-ring (bicyclic) bond motifs is 2. The number of nitrogens with one attached hydrogen (secondary N) is 1. The average molecular weight is 561 g/mol. The van der Waals surface area contributed by atoms with Crippen molar-refractivity contribution < 1.29 is 14.3 Å². The van der Waals surface area contributed by atoms with E-state index in [1.54, 1.807) is 20.5 Å². The lowest BCUT2D eigenvalue weighted by atomic mass is 9.87. The van der Waals surface area contributed by atoms with Gasteiger partial charge in [0.25, 0.3) is 0 Å². The normalized spacial score (nSPS) is 14.8. The molecular formula is C32H44N6O3. The maximum absolute atomic E-state index is 13.1. The van der Waals surface area contributed by atoms with Gasteiger partial charge in [-0.05, 0) is 72.9 Å². The summed E-state index contributed by atoms with van der Waals surface area (Å²) in [7, 11) is 3.38. The average Bonchev–Trinajstić information content (AvgIpc) is 3.61. The lowest BCUT2D eigenvalue weighted by Gasteiger charge is -2.34. The number of H-pyrrole nitrogens is 1. The highest BCUT2D eigenvalue weighted by molar-refractivity contribution is 5.92. The smallest absolute Gasteiger partial charge is 0.236 e. The fraction of sp³-hybridized carbons (Fsp3) is 0.531. The van der Waals surface area contributed by atoms with Crippen molar-refractivity contribution in [3.05, 3.63) is 53.0 Å². The molecule has 1 fully saturated rings. The summed E-state index contributed by atoms with van der Waals surface area (Å²) in [5, 5.41) is 5.71. The number of methoxy groups -OCH3 is 2. The number of aryl methyl sites for hydroxylation is 1. The van der Waals surface area contributed by atoms with E-state index in [-0.39, 0.29) is 5.91 Å². The van der Waals surface area contributed by atoms with Gasteiger partial charge in [-0.25, -0.2) is 9.50 Å². The lowest BCUT2D eigenvalue weighted by Crippen LogP contribution is -2.45. The molecule has 4 aromatic rings. The molecule has 0 atom stereocenters. The van der Waals surface area contributed by atoms with E-state index in [0.717, 1.165) is 61.4 Å². The number of rotatable bonds is 11. The first kappa shape index (κ1) is 29.2. The minimum Gasteiger partial charge on any atom is -0.383 e. The van der Waals surface area contributed by atoms with Gasteiger partial charge >= 0.3 is 0 Å². The fourth-order valence-electron chi connectivity index (χ4n) is 6.21. The molecule has 0 aliphatic carbocycles. The zero-order valence-corrected chi connectivity index (χ0v) is 25.4. The summed E-state index contributed by atoms with van der Waals surface area (Å²) in [5.74, 6) is 0.979. The van der Waals surface area contributed by atoms with E-state index in [0.29, 0.717) is 31.6 Å². The van der Waals surface area contributed by atoms with Gasteiger partial charge in [0.2, 0.25) is 5.91 Å². The maximum atomic E-state index is 13.1. The van der Waals surface area contributed by atoms with Crippen LogP contribution in [0.1, 0.15) is 60.8 Å². The number of piperidine rings is 1. The molecule has 0 spiro atoms. The van der Waals surface area contributed by atoms with E-state index < -0.39 is 0 Å². The van der Waals surface area contributed by atoms with Crippen LogP contribution < -0.4 is 0 Å². The molecule has 41 heavy (non-hydrogen) atoms. The molecule has 220 valence electrons. The molecule has 0 radical (unpaired) electrons. The van der Waals surface area contributed by atoms with Crippen LogP contribution in [0.15, 0.2) is 30.7 Å². The van der Waals surface area contributed by atoms with Crippen molar-refractivity contribution in [3.8, 4) is 11.3 Å². The zero-order chi connectivity index (χ0) is 29.1. The molecule has 1 saturated heterocycles. The molecule has 0 bridgehead atoms. The Labute approximate surface area is 242 Å². The third-order valence-corrected chi connectivity index (χ3v) is 8.74. The van der Waals surface area contributed by atoms with Crippen LogP contribution >= 0.6 is 0 Å². The first-order valence-electron chi connectivity index (χ1n) is 14.8. The van der Waals surface area contributed by atoms with Gasteiger partial charge in [0.05, 0.1) is 25.5 Å². The largest absolute Gasteiger partial charge is 0.383 e. The second-order valence-electron chi connectivity index (χ2n) is 11.6. The third-order valence-electron chi connectivity index (χ3n) is 8.74. The topological polar surface area (TPSA) is 88.0 Å². The number of hydrogen-bond donors (Lipinski definition) is 1. The molecule has 1 N–H and O–H groups in total. The van der Waals surface area contributed by atoms with Crippen LogP contribution in [0.25, 0.3) is 27.8 Å². The first-order chi connectivity index (χ1) is 19.8. The molecule has 5 rings (SSSR count). The van der Waals surface area contributed by atoms with Gasteiger partial charge in [-0.3, -0.25) is 9.69 Å². The standard InChI is InChI=1S/C32H44N6O3/c1-21(2)30-26-17-25(24-9-11-37(12-10-24)29(39)19-36(13-15-40-5)14-16-41-6)7-8-28(26)35-31(30)27-18-38-32(33-20-34-38)23(4)22(27)3/h7-8,17-18,20-21,24,35H,9-16,19H2,1-6H3. The SMILES string of the molecule is COCCN(CCOC)CC(=O)N1CCC(c2ccc3[nH]c(-c4cn5ncnc5c(C)c4C)c(C(C)C)c3c2)CC1. The van der Waals surface area contributed by atoms with Gasteiger partial charge in [0.1, 0.15) is 6.33 Å². The molecule has 1 aliphatic rings. The van der Waals surface area contributed by atoms with E-state index in [9.17, 15) is 4.79 Å². The number of aromatic nitrogens is 4. The highest BCUT2D eigenvalue weighted by Crippen LogP contribution is 2.40. The van der Waals surface area contributed by atoms with Crippen molar-refractivity contribution >= 4 is 22.5 Å². The number of aromatic amines is 1. The van der Waals surface area contributed by atoms with Crippen LogP contribution in [0.4, 0.5) is 0 Å². The van der Waals surface area contributed by atoms with Crippen molar-refractivity contribution in [2.24, 2.45) is 0 Å². The van der Waals surface area contributed by atoms with Crippen LogP contribution in [0.5, 0.6) is 0 Å². The van der Waals surface area contributed by atoms with Crippen LogP contribution in [0, 0.1) is 13.8 Å². The number of pyridine rings is 1. The Balaban J connectivity index is 1.35. The van der Waals surface area contributed by atoms with E-state index in [2.05, 4.69) is 72.1 Å². The van der Waals surface area contributed by atoms with Gasteiger partial charge in [-0.1, -0.05) is 19.9 Å². The zero-order valence-electron chi connectivity index (χ0n) is 25.4. The van der Waals surface area contributed by atoms with Gasteiger partial charge in [-0.2, -0.15) is 5.10 Å². The molecule has 1 aliphatic heterocycles. The summed E-state index contributed by atoms with van der Waals surface area (Å²) in [6.07, 6.45) is 5.66. The van der Waals surface area contributed by atoms with Gasteiger partial charge in [0, 0.05) is 63.1 Å². The van der Waals surface area contributed by atoms with Gasteiger partial charge in [-0.15, -0.1) is 0 Å². The second-order valence-corrected chi connectivity index (χ2v) is 11.6. The summed E-state index contributed by atoms with van der Waals surface area (Å²) in [4.78, 5) is 25.4. The van der Waals surface area contributed by atoms with Gasteiger partial charge < -0.3 is 19.4 Å². The van der Waals surface area contributed by atoms with Crippen LogP contribution in [0.2, 0.25) is 0 Å². The minimum absolute atomic E-state index is 0.193. The first-order valence-corrected chi connectivity index (χ1v) is 14.8. The number of hydrogen-bond acceptors (Lipinski definition) is 6. The lowest BCUT2D eigenvalue weighted by molar-refractivity contribution is -0.133. The van der Waals surface area contributed by atoms with E-state index >= 15 is 0 Å². The number of carbonyl (C=O) groups excluding carboxylic acids is 1. The minimum atomic E-state index is 0.193. The van der Waals surface area contributed by atoms with Crippen LogP contribution in [-0.2, 0) is 14.3 Å². The monoisotopic (exact) mass is 560 g/mol. The van der Waals surface area contributed by atoms with Crippen molar-refractivity contribution in [1.29, 1.82) is 0 Å². The summed E-state index contributed by atoms with van der Waals surface area (Å²) in [6.45, 7) is 13.5. The molecule has 4 heterocycles. The Morgan fingerprint density at radius 1 is 1.10 bits per heavy atom. The number of amides is 1. The molecule has 0 saturated carbocycles. The Bertz CT molecular complexity index is 1490. The van der Waals surface area contributed by atoms with Crippen LogP contribution in [-0.4, -0.2) is 95.4 Å². The number of ether oxygens (including phenoxy) is 2. The summed E-state index contributed by atoms with van der Waals surface area (Å²) in [6, 6.07) is 6.89. The summed E-state index contributed by atoms with van der Waals surface area (Å²) in [5.41, 5.74) is 9.45.